The first-order valence-corrected chi connectivity index (χ1v) is 14.4. The van der Waals surface area contributed by atoms with E-state index in [-0.39, 0.29) is 16.7 Å². The molecular formula is C26H33NO5S2. The number of rotatable bonds is 8. The number of hydrogen-bond acceptors (Lipinski definition) is 5. The number of hydrogen-bond donors (Lipinski definition) is 1. The minimum absolute atomic E-state index is 0.0339. The molecule has 2 aromatic carbocycles. The molecule has 6 nitrogen and oxygen atoms in total. The number of benzene rings is 2. The second kappa shape index (κ2) is 10.7. The molecule has 8 heteroatoms. The first kappa shape index (κ1) is 25.1. The second-order valence-electron chi connectivity index (χ2n) is 9.17. The molecule has 3 atom stereocenters. The quantitative estimate of drug-likeness (QED) is 0.528. The van der Waals surface area contributed by atoms with Crippen molar-refractivity contribution in [3.05, 3.63) is 59.7 Å². The largest absolute Gasteiger partial charge is 0.494 e. The fraction of sp³-hybridized carbons (Fsp3) is 0.500. The molecule has 0 unspecified atom stereocenters. The third-order valence-electron chi connectivity index (χ3n) is 6.82. The SMILES string of the molecule is CCOc1ccc([C@@H]2C[C@@H](SC3CCCC3)[C@H](C(=O)O)CN2S(=O)(=O)c2ccc(C)cc2)cc1. The minimum Gasteiger partial charge on any atom is -0.494 e. The second-order valence-corrected chi connectivity index (χ2v) is 12.6. The zero-order valence-corrected chi connectivity index (χ0v) is 21.4. The molecule has 0 radical (unpaired) electrons. The molecule has 184 valence electrons. The summed E-state index contributed by atoms with van der Waals surface area (Å²) in [5.41, 5.74) is 1.83. The maximum absolute atomic E-state index is 13.8. The smallest absolute Gasteiger partial charge is 0.308 e. The Kier molecular flexibility index (Phi) is 7.90. The number of piperidine rings is 1. The van der Waals surface area contributed by atoms with Gasteiger partial charge in [-0.25, -0.2) is 8.42 Å². The van der Waals surface area contributed by atoms with Crippen molar-refractivity contribution in [1.29, 1.82) is 0 Å². The molecule has 1 saturated carbocycles. The van der Waals surface area contributed by atoms with E-state index in [9.17, 15) is 18.3 Å². The first-order valence-electron chi connectivity index (χ1n) is 12.0. The molecule has 2 aromatic rings. The molecule has 2 fully saturated rings. The Labute approximate surface area is 206 Å². The average Bonchev–Trinajstić information content (AvgIpc) is 3.33. The van der Waals surface area contributed by atoms with Gasteiger partial charge in [0.25, 0.3) is 0 Å². The number of aliphatic carboxylic acids is 1. The maximum Gasteiger partial charge on any atom is 0.308 e. The molecule has 0 bridgehead atoms. The van der Waals surface area contributed by atoms with Crippen LogP contribution in [0.4, 0.5) is 0 Å². The van der Waals surface area contributed by atoms with Gasteiger partial charge < -0.3 is 9.84 Å². The van der Waals surface area contributed by atoms with E-state index >= 15 is 0 Å². The normalized spacial score (nSPS) is 24.2. The Balaban J connectivity index is 1.71. The van der Waals surface area contributed by atoms with Crippen LogP contribution in [0.1, 0.15) is 56.2 Å². The lowest BCUT2D eigenvalue weighted by Gasteiger charge is -2.42. The van der Waals surface area contributed by atoms with Gasteiger partial charge in [-0.05, 0) is 62.9 Å². The molecule has 1 saturated heterocycles. The number of ether oxygens (including phenoxy) is 1. The van der Waals surface area contributed by atoms with Gasteiger partial charge in [-0.3, -0.25) is 4.79 Å². The van der Waals surface area contributed by atoms with E-state index in [4.69, 9.17) is 4.74 Å². The van der Waals surface area contributed by atoms with Crippen molar-refractivity contribution in [1.82, 2.24) is 4.31 Å². The van der Waals surface area contributed by atoms with Gasteiger partial charge in [0.05, 0.1) is 23.5 Å². The average molecular weight is 504 g/mol. The van der Waals surface area contributed by atoms with E-state index in [0.29, 0.717) is 18.3 Å². The first-order chi connectivity index (χ1) is 16.3. The van der Waals surface area contributed by atoms with Crippen LogP contribution in [0.3, 0.4) is 0 Å². The van der Waals surface area contributed by atoms with Crippen molar-refractivity contribution in [2.24, 2.45) is 5.92 Å². The van der Waals surface area contributed by atoms with Crippen molar-refractivity contribution >= 4 is 27.8 Å². The molecule has 0 aromatic heterocycles. The van der Waals surface area contributed by atoms with Crippen LogP contribution in [-0.2, 0) is 14.8 Å². The highest BCUT2D eigenvalue weighted by Gasteiger charge is 2.46. The molecule has 2 aliphatic rings. The molecule has 0 spiro atoms. The summed E-state index contributed by atoms with van der Waals surface area (Å²) in [5, 5.41) is 10.4. The Bertz CT molecular complexity index is 1080. The Morgan fingerprint density at radius 1 is 1.09 bits per heavy atom. The monoisotopic (exact) mass is 503 g/mol. The van der Waals surface area contributed by atoms with E-state index in [2.05, 4.69) is 0 Å². The van der Waals surface area contributed by atoms with Crippen LogP contribution >= 0.6 is 11.8 Å². The summed E-state index contributed by atoms with van der Waals surface area (Å²) in [7, 11) is -3.88. The van der Waals surface area contributed by atoms with Crippen molar-refractivity contribution in [3.8, 4) is 5.75 Å². The number of aryl methyl sites for hydroxylation is 1. The van der Waals surface area contributed by atoms with E-state index in [1.54, 1.807) is 36.0 Å². The number of nitrogens with zero attached hydrogens (tertiary/aromatic N) is 1. The topological polar surface area (TPSA) is 83.9 Å². The Morgan fingerprint density at radius 2 is 1.74 bits per heavy atom. The molecule has 1 aliphatic heterocycles. The zero-order chi connectivity index (χ0) is 24.3. The van der Waals surface area contributed by atoms with E-state index < -0.39 is 28.0 Å². The summed E-state index contributed by atoms with van der Waals surface area (Å²) in [6, 6.07) is 13.9. The van der Waals surface area contributed by atoms with Gasteiger partial charge in [0, 0.05) is 17.0 Å². The van der Waals surface area contributed by atoms with Crippen LogP contribution in [-0.4, -0.2) is 47.5 Å². The molecule has 1 aliphatic carbocycles. The lowest BCUT2D eigenvalue weighted by molar-refractivity contribution is -0.143. The van der Waals surface area contributed by atoms with Crippen molar-refractivity contribution in [3.63, 3.8) is 0 Å². The van der Waals surface area contributed by atoms with Crippen LogP contribution in [0.15, 0.2) is 53.4 Å². The molecule has 1 N–H and O–H groups in total. The maximum atomic E-state index is 13.8. The number of sulfonamides is 1. The predicted molar refractivity (Wildman–Crippen MR) is 135 cm³/mol. The predicted octanol–water partition coefficient (Wildman–Crippen LogP) is 5.27. The molecular weight excluding hydrogens is 470 g/mol. The van der Waals surface area contributed by atoms with E-state index in [0.717, 1.165) is 29.7 Å². The van der Waals surface area contributed by atoms with Crippen LogP contribution < -0.4 is 4.74 Å². The molecule has 4 rings (SSSR count). The minimum atomic E-state index is -3.88. The third kappa shape index (κ3) is 5.44. The summed E-state index contributed by atoms with van der Waals surface area (Å²) >= 11 is 1.76. The van der Waals surface area contributed by atoms with Gasteiger partial charge in [-0.2, -0.15) is 16.1 Å². The third-order valence-corrected chi connectivity index (χ3v) is 10.4. The van der Waals surface area contributed by atoms with Gasteiger partial charge in [-0.15, -0.1) is 0 Å². The molecule has 34 heavy (non-hydrogen) atoms. The van der Waals surface area contributed by atoms with Crippen molar-refractivity contribution < 1.29 is 23.1 Å². The lowest BCUT2D eigenvalue weighted by Crippen LogP contribution is -2.49. The molecule has 1 heterocycles. The van der Waals surface area contributed by atoms with Gasteiger partial charge in [0.2, 0.25) is 10.0 Å². The highest BCUT2D eigenvalue weighted by molar-refractivity contribution is 8.00. The fourth-order valence-electron chi connectivity index (χ4n) is 4.97. The fourth-order valence-corrected chi connectivity index (χ4v) is 8.40. The number of carboxylic acids is 1. The summed E-state index contributed by atoms with van der Waals surface area (Å²) in [5.74, 6) is -0.940. The summed E-state index contributed by atoms with van der Waals surface area (Å²) in [4.78, 5) is 12.5. The summed E-state index contributed by atoms with van der Waals surface area (Å²) in [6.45, 7) is 4.35. The van der Waals surface area contributed by atoms with E-state index in [1.165, 1.54) is 17.1 Å². The number of carbonyl (C=O) groups is 1. The van der Waals surface area contributed by atoms with Gasteiger partial charge in [0.1, 0.15) is 5.75 Å². The van der Waals surface area contributed by atoms with Crippen molar-refractivity contribution in [2.45, 2.75) is 67.4 Å². The Morgan fingerprint density at radius 3 is 2.32 bits per heavy atom. The van der Waals surface area contributed by atoms with Crippen LogP contribution in [0.5, 0.6) is 5.75 Å². The highest BCUT2D eigenvalue weighted by atomic mass is 32.2. The highest BCUT2D eigenvalue weighted by Crippen LogP contribution is 2.45. The molecule has 0 amide bonds. The van der Waals surface area contributed by atoms with E-state index in [1.807, 2.05) is 38.1 Å². The van der Waals surface area contributed by atoms with Gasteiger partial charge >= 0.3 is 5.97 Å². The zero-order valence-electron chi connectivity index (χ0n) is 19.7. The summed E-state index contributed by atoms with van der Waals surface area (Å²) in [6.07, 6.45) is 5.03. The lowest BCUT2D eigenvalue weighted by atomic mass is 9.90. The van der Waals surface area contributed by atoms with Crippen LogP contribution in [0, 0.1) is 12.8 Å². The van der Waals surface area contributed by atoms with Crippen LogP contribution in [0.25, 0.3) is 0 Å². The number of thioether (sulfide) groups is 1. The van der Waals surface area contributed by atoms with Gasteiger partial charge in [-0.1, -0.05) is 42.7 Å². The van der Waals surface area contributed by atoms with Gasteiger partial charge in [0.15, 0.2) is 0 Å². The standard InChI is InChI=1S/C26H33NO5S2/c1-3-32-20-12-10-19(11-13-20)24-16-25(33-21-6-4-5-7-21)23(26(28)29)17-27(24)34(30,31)22-14-8-18(2)9-15-22/h8-15,21,23-25H,3-7,16-17H2,1-2H3,(H,28,29)/t23-,24+,25-/m1/s1. The Hall–Kier alpha value is -2.03. The van der Waals surface area contributed by atoms with Crippen LogP contribution in [0.2, 0.25) is 0 Å². The van der Waals surface area contributed by atoms with Crippen molar-refractivity contribution in [2.75, 3.05) is 13.2 Å². The summed E-state index contributed by atoms with van der Waals surface area (Å²) < 4.78 is 34.5. The number of carboxylic acid groups (broad SMARTS) is 1.